The summed E-state index contributed by atoms with van der Waals surface area (Å²) in [5.74, 6) is -0.395. The Morgan fingerprint density at radius 3 is 2.67 bits per heavy atom. The van der Waals surface area contributed by atoms with Gasteiger partial charge in [0, 0.05) is 24.7 Å². The molecule has 0 heterocycles. The van der Waals surface area contributed by atoms with Crippen molar-refractivity contribution in [3.63, 3.8) is 0 Å². The number of carbonyl (C=O) groups excluding carboxylic acids is 1. The summed E-state index contributed by atoms with van der Waals surface area (Å²) in [6.45, 7) is 1.91. The second-order valence-electron chi connectivity index (χ2n) is 3.74. The van der Waals surface area contributed by atoms with E-state index >= 15 is 0 Å². The van der Waals surface area contributed by atoms with E-state index in [0.717, 1.165) is 0 Å². The zero-order valence-corrected chi connectivity index (χ0v) is 10.5. The van der Waals surface area contributed by atoms with Gasteiger partial charge in [0.05, 0.1) is 13.5 Å². The minimum Gasteiger partial charge on any atom is -0.497 e. The number of anilines is 1. The van der Waals surface area contributed by atoms with Crippen molar-refractivity contribution >= 4 is 17.6 Å². The Labute approximate surface area is 106 Å². The van der Waals surface area contributed by atoms with Crippen LogP contribution < -0.4 is 9.64 Å². The van der Waals surface area contributed by atoms with Gasteiger partial charge in [-0.05, 0) is 12.1 Å². The number of amides is 1. The highest BCUT2D eigenvalue weighted by Crippen LogP contribution is 2.21. The van der Waals surface area contributed by atoms with Crippen LogP contribution in [0.15, 0.2) is 24.3 Å². The normalized spacial score (nSPS) is 9.89. The number of aliphatic carboxylic acids is 1. The number of carboxylic acid groups (broad SMARTS) is 1. The Balaban J connectivity index is 2.93. The first-order valence-corrected chi connectivity index (χ1v) is 5.74. The molecule has 0 radical (unpaired) electrons. The summed E-state index contributed by atoms with van der Waals surface area (Å²) in [6.07, 6.45) is 0.250. The van der Waals surface area contributed by atoms with E-state index in [1.165, 1.54) is 4.90 Å². The number of hydrogen-bond acceptors (Lipinski definition) is 3. The average Bonchev–Trinajstić information content (AvgIpc) is 2.38. The summed E-state index contributed by atoms with van der Waals surface area (Å²) >= 11 is 0. The molecule has 0 saturated carbocycles. The molecule has 1 aromatic rings. The minimum atomic E-state index is -0.924. The molecule has 0 aliphatic heterocycles. The van der Waals surface area contributed by atoms with Crippen LogP contribution in [-0.4, -0.2) is 30.6 Å². The molecule has 18 heavy (non-hydrogen) atoms. The topological polar surface area (TPSA) is 66.8 Å². The predicted molar refractivity (Wildman–Crippen MR) is 67.9 cm³/mol. The monoisotopic (exact) mass is 251 g/mol. The van der Waals surface area contributed by atoms with Crippen molar-refractivity contribution in [3.8, 4) is 5.75 Å². The minimum absolute atomic E-state index is 0.0804. The Morgan fingerprint density at radius 2 is 2.11 bits per heavy atom. The molecule has 0 saturated heterocycles. The predicted octanol–water partition coefficient (Wildman–Crippen LogP) is 1.91. The van der Waals surface area contributed by atoms with E-state index in [4.69, 9.17) is 9.84 Å². The first-order chi connectivity index (χ1) is 8.58. The van der Waals surface area contributed by atoms with Gasteiger partial charge in [-0.2, -0.15) is 0 Å². The van der Waals surface area contributed by atoms with Gasteiger partial charge in [0.2, 0.25) is 5.91 Å². The lowest BCUT2D eigenvalue weighted by Gasteiger charge is -2.22. The molecule has 0 aromatic heterocycles. The number of carboxylic acids is 1. The van der Waals surface area contributed by atoms with E-state index in [1.807, 2.05) is 0 Å². The standard InChI is InChI=1S/C13H17NO4/c1-3-12(15)14(8-7-13(16)17)10-5-4-6-11(9-10)18-2/h4-6,9H,3,7-8H2,1-2H3,(H,16,17). The van der Waals surface area contributed by atoms with Crippen LogP contribution in [0.3, 0.4) is 0 Å². The molecule has 1 N–H and O–H groups in total. The first-order valence-electron chi connectivity index (χ1n) is 5.74. The molecule has 5 nitrogen and oxygen atoms in total. The van der Waals surface area contributed by atoms with Gasteiger partial charge in [0.15, 0.2) is 0 Å². The van der Waals surface area contributed by atoms with Gasteiger partial charge in [0.25, 0.3) is 0 Å². The maximum atomic E-state index is 11.8. The Morgan fingerprint density at radius 1 is 1.39 bits per heavy atom. The number of nitrogens with zero attached hydrogens (tertiary/aromatic N) is 1. The number of carbonyl (C=O) groups is 2. The van der Waals surface area contributed by atoms with E-state index in [0.29, 0.717) is 17.9 Å². The highest BCUT2D eigenvalue weighted by Gasteiger charge is 2.15. The Kier molecular flexibility index (Phi) is 5.17. The van der Waals surface area contributed by atoms with Crippen LogP contribution in [0.2, 0.25) is 0 Å². The quantitative estimate of drug-likeness (QED) is 0.838. The van der Waals surface area contributed by atoms with Gasteiger partial charge < -0.3 is 14.7 Å². The van der Waals surface area contributed by atoms with Crippen LogP contribution in [0.4, 0.5) is 5.69 Å². The van der Waals surface area contributed by atoms with E-state index in [2.05, 4.69) is 0 Å². The lowest BCUT2D eigenvalue weighted by molar-refractivity contribution is -0.136. The molecule has 5 heteroatoms. The fourth-order valence-corrected chi connectivity index (χ4v) is 1.57. The molecule has 0 bridgehead atoms. The lowest BCUT2D eigenvalue weighted by atomic mass is 10.2. The molecule has 98 valence electrons. The third-order valence-electron chi connectivity index (χ3n) is 2.52. The zero-order valence-electron chi connectivity index (χ0n) is 10.5. The number of rotatable bonds is 6. The molecule has 0 unspecified atom stereocenters. The van der Waals surface area contributed by atoms with E-state index in [-0.39, 0.29) is 18.9 Å². The third kappa shape index (κ3) is 3.76. The van der Waals surface area contributed by atoms with Crippen molar-refractivity contribution < 1.29 is 19.4 Å². The van der Waals surface area contributed by atoms with Crippen LogP contribution in [0.5, 0.6) is 5.75 Å². The highest BCUT2D eigenvalue weighted by molar-refractivity contribution is 5.93. The van der Waals surface area contributed by atoms with Crippen molar-refractivity contribution in [2.45, 2.75) is 19.8 Å². The molecule has 0 fully saturated rings. The van der Waals surface area contributed by atoms with Crippen molar-refractivity contribution in [2.75, 3.05) is 18.6 Å². The molecule has 0 spiro atoms. The van der Waals surface area contributed by atoms with E-state index in [1.54, 1.807) is 38.3 Å². The van der Waals surface area contributed by atoms with Crippen molar-refractivity contribution in [2.24, 2.45) is 0 Å². The number of methoxy groups -OCH3 is 1. The van der Waals surface area contributed by atoms with Gasteiger partial charge >= 0.3 is 5.97 Å². The van der Waals surface area contributed by atoms with Crippen LogP contribution in [0.25, 0.3) is 0 Å². The molecule has 1 rings (SSSR count). The molecule has 0 aliphatic carbocycles. The Bertz CT molecular complexity index is 431. The molecule has 0 atom stereocenters. The summed E-state index contributed by atoms with van der Waals surface area (Å²) in [5.41, 5.74) is 0.655. The largest absolute Gasteiger partial charge is 0.497 e. The van der Waals surface area contributed by atoms with Crippen LogP contribution >= 0.6 is 0 Å². The van der Waals surface area contributed by atoms with Crippen LogP contribution in [0, 0.1) is 0 Å². The second kappa shape index (κ2) is 6.64. The van der Waals surface area contributed by atoms with Gasteiger partial charge in [-0.25, -0.2) is 0 Å². The molecule has 1 aromatic carbocycles. The SMILES string of the molecule is CCC(=O)N(CCC(=O)O)c1cccc(OC)c1. The molecule has 1 amide bonds. The zero-order chi connectivity index (χ0) is 13.5. The van der Waals surface area contributed by atoms with Gasteiger partial charge in [0.1, 0.15) is 5.75 Å². The maximum absolute atomic E-state index is 11.8. The fourth-order valence-electron chi connectivity index (χ4n) is 1.57. The summed E-state index contributed by atoms with van der Waals surface area (Å²) in [6, 6.07) is 7.02. The van der Waals surface area contributed by atoms with Gasteiger partial charge in [-0.3, -0.25) is 9.59 Å². The fraction of sp³-hybridized carbons (Fsp3) is 0.385. The number of hydrogen-bond donors (Lipinski definition) is 1. The summed E-state index contributed by atoms with van der Waals surface area (Å²) in [5, 5.41) is 8.70. The van der Waals surface area contributed by atoms with Gasteiger partial charge in [-0.1, -0.05) is 13.0 Å². The molecular formula is C13H17NO4. The summed E-state index contributed by atoms with van der Waals surface area (Å²) in [7, 11) is 1.54. The smallest absolute Gasteiger partial charge is 0.305 e. The summed E-state index contributed by atoms with van der Waals surface area (Å²) < 4.78 is 5.09. The van der Waals surface area contributed by atoms with Gasteiger partial charge in [-0.15, -0.1) is 0 Å². The summed E-state index contributed by atoms with van der Waals surface area (Å²) in [4.78, 5) is 23.9. The number of benzene rings is 1. The van der Waals surface area contributed by atoms with E-state index in [9.17, 15) is 9.59 Å². The highest BCUT2D eigenvalue weighted by atomic mass is 16.5. The van der Waals surface area contributed by atoms with Crippen molar-refractivity contribution in [1.29, 1.82) is 0 Å². The van der Waals surface area contributed by atoms with Crippen LogP contribution in [-0.2, 0) is 9.59 Å². The van der Waals surface area contributed by atoms with E-state index < -0.39 is 5.97 Å². The lowest BCUT2D eigenvalue weighted by Crippen LogP contribution is -2.32. The third-order valence-corrected chi connectivity index (χ3v) is 2.52. The first kappa shape index (κ1) is 14.0. The van der Waals surface area contributed by atoms with Crippen molar-refractivity contribution in [1.82, 2.24) is 0 Å². The second-order valence-corrected chi connectivity index (χ2v) is 3.74. The molecular weight excluding hydrogens is 234 g/mol. The average molecular weight is 251 g/mol. The Hall–Kier alpha value is -2.04. The maximum Gasteiger partial charge on any atom is 0.305 e. The van der Waals surface area contributed by atoms with Crippen molar-refractivity contribution in [3.05, 3.63) is 24.3 Å². The molecule has 0 aliphatic rings. The number of ether oxygens (including phenoxy) is 1. The van der Waals surface area contributed by atoms with Crippen LogP contribution in [0.1, 0.15) is 19.8 Å².